The number of thiazole rings is 1. The lowest BCUT2D eigenvalue weighted by molar-refractivity contribution is -0.121. The van der Waals surface area contributed by atoms with Crippen molar-refractivity contribution in [1.29, 1.82) is 0 Å². The number of anilines is 1. The first kappa shape index (κ1) is 23.1. The minimum Gasteiger partial charge on any atom is -0.343 e. The van der Waals surface area contributed by atoms with E-state index in [1.54, 1.807) is 0 Å². The predicted octanol–water partition coefficient (Wildman–Crippen LogP) is 4.76. The number of hydrogen-bond acceptors (Lipinski definition) is 7. The van der Waals surface area contributed by atoms with E-state index in [1.165, 1.54) is 23.8 Å². The summed E-state index contributed by atoms with van der Waals surface area (Å²) in [6, 6.07) is 8.11. The lowest BCUT2D eigenvalue weighted by atomic mass is 9.89. The van der Waals surface area contributed by atoms with Crippen LogP contribution in [-0.2, 0) is 21.5 Å². The van der Waals surface area contributed by atoms with Crippen molar-refractivity contribution in [1.82, 2.24) is 20.4 Å². The van der Waals surface area contributed by atoms with Gasteiger partial charge in [0.05, 0.1) is 5.69 Å². The van der Waals surface area contributed by atoms with Crippen LogP contribution in [0.25, 0.3) is 11.3 Å². The van der Waals surface area contributed by atoms with Crippen molar-refractivity contribution in [3.05, 3.63) is 46.9 Å². The fourth-order valence-corrected chi connectivity index (χ4v) is 4.95. The van der Waals surface area contributed by atoms with Gasteiger partial charge >= 0.3 is 0 Å². The van der Waals surface area contributed by atoms with E-state index >= 15 is 0 Å². The standard InChI is InChI=1S/C24H29N5O3S/c1-16-7-9-18(10-8-16)19-15-33-23(25-19)26-20(31)11-12-21-27-22(29-32-21)24(28-17(2)30)13-5-3-4-6-14-24/h7-10,15H,3-6,11-14H2,1-2H3,(H,28,30)(H,25,26,31). The van der Waals surface area contributed by atoms with Crippen LogP contribution in [0.2, 0.25) is 0 Å². The van der Waals surface area contributed by atoms with Crippen LogP contribution in [0.3, 0.4) is 0 Å². The maximum Gasteiger partial charge on any atom is 0.227 e. The molecule has 174 valence electrons. The first-order valence-corrected chi connectivity index (χ1v) is 12.3. The molecule has 0 atom stereocenters. The van der Waals surface area contributed by atoms with E-state index in [0.29, 0.717) is 23.3 Å². The SMILES string of the molecule is CC(=O)NC1(c2noc(CCC(=O)Nc3nc(-c4ccc(C)cc4)cs3)n2)CCCCCC1. The van der Waals surface area contributed by atoms with Gasteiger partial charge in [0.15, 0.2) is 11.0 Å². The third kappa shape index (κ3) is 5.84. The monoisotopic (exact) mass is 467 g/mol. The molecule has 8 nitrogen and oxygen atoms in total. The maximum atomic E-state index is 12.4. The summed E-state index contributed by atoms with van der Waals surface area (Å²) in [5, 5.41) is 12.6. The van der Waals surface area contributed by atoms with Crippen molar-refractivity contribution in [2.24, 2.45) is 0 Å². The molecular formula is C24H29N5O3S. The molecule has 33 heavy (non-hydrogen) atoms. The first-order chi connectivity index (χ1) is 15.9. The van der Waals surface area contributed by atoms with Crippen molar-refractivity contribution in [2.45, 2.75) is 70.8 Å². The van der Waals surface area contributed by atoms with Gasteiger partial charge in [-0.15, -0.1) is 11.3 Å². The number of carbonyl (C=O) groups excluding carboxylic acids is 2. The van der Waals surface area contributed by atoms with Crippen molar-refractivity contribution in [3.63, 3.8) is 0 Å². The lowest BCUT2D eigenvalue weighted by Gasteiger charge is -2.30. The molecule has 2 heterocycles. The van der Waals surface area contributed by atoms with Gasteiger partial charge in [-0.05, 0) is 19.8 Å². The number of benzene rings is 1. The summed E-state index contributed by atoms with van der Waals surface area (Å²) in [6.45, 7) is 3.56. The number of amides is 2. The Hall–Kier alpha value is -3.07. The summed E-state index contributed by atoms with van der Waals surface area (Å²) in [5.41, 5.74) is 2.46. The normalized spacial score (nSPS) is 15.6. The Morgan fingerprint density at radius 2 is 1.82 bits per heavy atom. The molecule has 0 aliphatic heterocycles. The van der Waals surface area contributed by atoms with E-state index < -0.39 is 5.54 Å². The van der Waals surface area contributed by atoms with Gasteiger partial charge in [-0.3, -0.25) is 9.59 Å². The van der Waals surface area contributed by atoms with E-state index in [0.717, 1.165) is 49.8 Å². The van der Waals surface area contributed by atoms with Crippen LogP contribution < -0.4 is 10.6 Å². The number of rotatable bonds is 7. The van der Waals surface area contributed by atoms with Gasteiger partial charge in [0.1, 0.15) is 5.54 Å². The fourth-order valence-electron chi connectivity index (χ4n) is 4.21. The summed E-state index contributed by atoms with van der Waals surface area (Å²) in [4.78, 5) is 33.4. The Labute approximate surface area is 197 Å². The fraction of sp³-hybridized carbons (Fsp3) is 0.458. The van der Waals surface area contributed by atoms with Gasteiger partial charge in [-0.25, -0.2) is 4.98 Å². The Morgan fingerprint density at radius 3 is 2.52 bits per heavy atom. The van der Waals surface area contributed by atoms with Gasteiger partial charge in [0.25, 0.3) is 0 Å². The van der Waals surface area contributed by atoms with E-state index in [1.807, 2.05) is 36.6 Å². The number of nitrogens with one attached hydrogen (secondary N) is 2. The van der Waals surface area contributed by atoms with Crippen molar-refractivity contribution >= 4 is 28.3 Å². The topological polar surface area (TPSA) is 110 Å². The van der Waals surface area contributed by atoms with Crippen molar-refractivity contribution in [3.8, 4) is 11.3 Å². The van der Waals surface area contributed by atoms with E-state index in [2.05, 4.69) is 25.8 Å². The van der Waals surface area contributed by atoms with Crippen LogP contribution in [0.5, 0.6) is 0 Å². The van der Waals surface area contributed by atoms with E-state index in [9.17, 15) is 9.59 Å². The Balaban J connectivity index is 1.35. The highest BCUT2D eigenvalue weighted by Crippen LogP contribution is 2.34. The zero-order valence-corrected chi connectivity index (χ0v) is 19.8. The highest BCUT2D eigenvalue weighted by Gasteiger charge is 2.38. The number of nitrogens with zero attached hydrogens (tertiary/aromatic N) is 3. The van der Waals surface area contributed by atoms with E-state index in [-0.39, 0.29) is 18.2 Å². The molecule has 2 N–H and O–H groups in total. The van der Waals surface area contributed by atoms with Gasteiger partial charge in [-0.2, -0.15) is 4.98 Å². The predicted molar refractivity (Wildman–Crippen MR) is 127 cm³/mol. The minimum absolute atomic E-state index is 0.101. The van der Waals surface area contributed by atoms with Gasteiger partial charge < -0.3 is 15.2 Å². The quantitative estimate of drug-likeness (QED) is 0.485. The zero-order valence-electron chi connectivity index (χ0n) is 19.0. The summed E-state index contributed by atoms with van der Waals surface area (Å²) in [5.74, 6) is 0.646. The molecule has 1 fully saturated rings. The number of hydrogen-bond donors (Lipinski definition) is 2. The molecule has 0 unspecified atom stereocenters. The third-order valence-corrected chi connectivity index (χ3v) is 6.69. The Bertz CT molecular complexity index is 1100. The molecule has 0 radical (unpaired) electrons. The highest BCUT2D eigenvalue weighted by atomic mass is 32.1. The molecule has 4 rings (SSSR count). The smallest absolute Gasteiger partial charge is 0.227 e. The largest absolute Gasteiger partial charge is 0.343 e. The molecule has 1 saturated carbocycles. The average Bonchev–Trinajstić information content (AvgIpc) is 3.39. The Morgan fingerprint density at radius 1 is 1.09 bits per heavy atom. The van der Waals surface area contributed by atoms with Crippen LogP contribution in [-0.4, -0.2) is 26.9 Å². The molecule has 0 spiro atoms. The Kier molecular flexibility index (Phi) is 7.17. The van der Waals surface area contributed by atoms with Crippen LogP contribution >= 0.6 is 11.3 Å². The molecule has 0 bridgehead atoms. The second kappa shape index (κ2) is 10.2. The summed E-state index contributed by atoms with van der Waals surface area (Å²) >= 11 is 1.39. The van der Waals surface area contributed by atoms with Gasteiger partial charge in [-0.1, -0.05) is 60.7 Å². The minimum atomic E-state index is -0.584. The second-order valence-corrected chi connectivity index (χ2v) is 9.50. The average molecular weight is 468 g/mol. The number of carbonyl (C=O) groups is 2. The molecule has 2 aromatic heterocycles. The summed E-state index contributed by atoms with van der Waals surface area (Å²) in [6.07, 6.45) is 6.39. The van der Waals surface area contributed by atoms with Crippen LogP contribution in [0.4, 0.5) is 5.13 Å². The maximum absolute atomic E-state index is 12.4. The van der Waals surface area contributed by atoms with Crippen LogP contribution in [0.15, 0.2) is 34.2 Å². The number of aromatic nitrogens is 3. The van der Waals surface area contributed by atoms with Crippen LogP contribution in [0, 0.1) is 6.92 Å². The molecule has 3 aromatic rings. The molecule has 9 heteroatoms. The third-order valence-electron chi connectivity index (χ3n) is 5.93. The lowest BCUT2D eigenvalue weighted by Crippen LogP contribution is -2.45. The molecule has 0 saturated heterocycles. The highest BCUT2D eigenvalue weighted by molar-refractivity contribution is 7.14. The molecule has 1 aromatic carbocycles. The molecule has 1 aliphatic carbocycles. The first-order valence-electron chi connectivity index (χ1n) is 11.4. The second-order valence-electron chi connectivity index (χ2n) is 8.64. The summed E-state index contributed by atoms with van der Waals surface area (Å²) < 4.78 is 5.43. The zero-order chi connectivity index (χ0) is 23.3. The molecular weight excluding hydrogens is 438 g/mol. The van der Waals surface area contributed by atoms with Gasteiger partial charge in [0, 0.05) is 30.7 Å². The van der Waals surface area contributed by atoms with Crippen molar-refractivity contribution in [2.75, 3.05) is 5.32 Å². The van der Waals surface area contributed by atoms with E-state index in [4.69, 9.17) is 4.52 Å². The van der Waals surface area contributed by atoms with Gasteiger partial charge in [0.2, 0.25) is 17.7 Å². The van der Waals surface area contributed by atoms with Crippen molar-refractivity contribution < 1.29 is 14.1 Å². The molecule has 2 amide bonds. The van der Waals surface area contributed by atoms with Crippen LogP contribution in [0.1, 0.15) is 69.1 Å². The summed E-state index contributed by atoms with van der Waals surface area (Å²) in [7, 11) is 0. The number of aryl methyl sites for hydroxylation is 2. The molecule has 1 aliphatic rings.